The van der Waals surface area contributed by atoms with Crippen molar-refractivity contribution in [1.29, 1.82) is 0 Å². The number of carbonyl (C=O) groups excluding carboxylic acids is 2. The fraction of sp³-hybridized carbons (Fsp3) is 0.286. The quantitative estimate of drug-likeness (QED) is 0.187. The second kappa shape index (κ2) is 12.5. The molecule has 1 aromatic heterocycles. The monoisotopic (exact) mass is 527 g/mol. The number of nitrogens with zero attached hydrogens (tertiary/aromatic N) is 1. The number of benzene rings is 2. The number of rotatable bonds is 10. The molecular weight excluding hydrogens is 500 g/mol. The zero-order valence-corrected chi connectivity index (χ0v) is 21.7. The van der Waals surface area contributed by atoms with Crippen LogP contribution in [-0.2, 0) is 14.3 Å². The molecule has 0 fully saturated rings. The number of methoxy groups -OCH3 is 1. The van der Waals surface area contributed by atoms with Crippen LogP contribution in [0.3, 0.4) is 0 Å². The van der Waals surface area contributed by atoms with E-state index < -0.39 is 41.5 Å². The van der Waals surface area contributed by atoms with E-state index >= 15 is 0 Å². The minimum atomic E-state index is -0.661. The molecule has 9 heteroatoms. The van der Waals surface area contributed by atoms with E-state index in [2.05, 4.69) is 4.98 Å². The van der Waals surface area contributed by atoms with Crippen molar-refractivity contribution in [2.75, 3.05) is 7.11 Å². The van der Waals surface area contributed by atoms with Gasteiger partial charge in [0.15, 0.2) is 11.5 Å². The number of ether oxygens (including phenoxy) is 3. The fourth-order valence-electron chi connectivity index (χ4n) is 3.93. The van der Waals surface area contributed by atoms with Crippen molar-refractivity contribution in [2.45, 2.75) is 39.2 Å². The SMILES string of the molecule is COc1ccnc(C(=S)C[C@@H](C)C(=O)O[C@@H](C)C(c2ccc(F)cc2)c2ccc(F)cc2)c1OC(C)=O. The molecule has 37 heavy (non-hydrogen) atoms. The molecule has 0 aliphatic carbocycles. The number of thiocarbonyl (C=S) groups is 1. The average Bonchev–Trinajstić information content (AvgIpc) is 2.86. The lowest BCUT2D eigenvalue weighted by atomic mass is 9.87. The van der Waals surface area contributed by atoms with Gasteiger partial charge in [-0.1, -0.05) is 43.4 Å². The molecule has 2 aromatic carbocycles. The lowest BCUT2D eigenvalue weighted by molar-refractivity contribution is -0.153. The van der Waals surface area contributed by atoms with E-state index in [0.717, 1.165) is 0 Å². The summed E-state index contributed by atoms with van der Waals surface area (Å²) >= 11 is 5.52. The largest absolute Gasteiger partial charge is 0.493 e. The minimum absolute atomic E-state index is 0.0871. The standard InChI is InChI=1S/C28H27F2NO5S/c1-16(15-24(37)26-27(36-18(3)32)23(34-4)13-14-31-26)28(33)35-17(2)25(19-5-9-21(29)10-6-19)20-7-11-22(30)12-8-20/h5-14,16-17,25H,15H2,1-4H3/t16-,17+/m1/s1. The maximum atomic E-state index is 13.5. The van der Waals surface area contributed by atoms with Gasteiger partial charge in [0.05, 0.1) is 13.0 Å². The van der Waals surface area contributed by atoms with Gasteiger partial charge in [-0.2, -0.15) is 0 Å². The van der Waals surface area contributed by atoms with E-state index in [1.807, 2.05) is 0 Å². The molecular formula is C28H27F2NO5S. The molecule has 0 aliphatic heterocycles. The molecule has 0 saturated heterocycles. The first-order chi connectivity index (χ1) is 17.6. The van der Waals surface area contributed by atoms with Crippen LogP contribution in [-0.4, -0.2) is 35.0 Å². The highest BCUT2D eigenvalue weighted by atomic mass is 32.1. The molecule has 3 rings (SSSR count). The molecule has 1 heterocycles. The number of pyridine rings is 1. The minimum Gasteiger partial charge on any atom is -0.493 e. The van der Waals surface area contributed by atoms with Crippen LogP contribution in [0.15, 0.2) is 60.8 Å². The molecule has 6 nitrogen and oxygen atoms in total. The summed E-state index contributed by atoms with van der Waals surface area (Å²) in [4.78, 5) is 29.1. The van der Waals surface area contributed by atoms with E-state index in [4.69, 9.17) is 26.4 Å². The van der Waals surface area contributed by atoms with Gasteiger partial charge in [-0.25, -0.2) is 8.78 Å². The first-order valence-corrected chi connectivity index (χ1v) is 12.0. The lowest BCUT2D eigenvalue weighted by Crippen LogP contribution is -2.28. The number of esters is 2. The Bertz CT molecular complexity index is 1220. The van der Waals surface area contributed by atoms with Crippen LogP contribution in [0.1, 0.15) is 49.9 Å². The first kappa shape index (κ1) is 27.9. The van der Waals surface area contributed by atoms with Crippen molar-refractivity contribution in [3.63, 3.8) is 0 Å². The number of aromatic nitrogens is 1. The van der Waals surface area contributed by atoms with Crippen LogP contribution in [0.5, 0.6) is 11.5 Å². The maximum Gasteiger partial charge on any atom is 0.309 e. The number of hydrogen-bond donors (Lipinski definition) is 0. The fourth-order valence-corrected chi connectivity index (χ4v) is 4.33. The van der Waals surface area contributed by atoms with Crippen LogP contribution in [0.4, 0.5) is 8.78 Å². The molecule has 0 bridgehead atoms. The summed E-state index contributed by atoms with van der Waals surface area (Å²) < 4.78 is 43.4. The number of halogens is 2. The van der Waals surface area contributed by atoms with E-state index in [0.29, 0.717) is 16.0 Å². The van der Waals surface area contributed by atoms with Gasteiger partial charge in [-0.15, -0.1) is 0 Å². The molecule has 2 atom stereocenters. The maximum absolute atomic E-state index is 13.5. The molecule has 194 valence electrons. The number of hydrogen-bond acceptors (Lipinski definition) is 7. The van der Waals surface area contributed by atoms with Gasteiger partial charge in [-0.3, -0.25) is 14.6 Å². The van der Waals surface area contributed by atoms with Gasteiger partial charge >= 0.3 is 11.9 Å². The van der Waals surface area contributed by atoms with E-state index in [1.165, 1.54) is 50.6 Å². The summed E-state index contributed by atoms with van der Waals surface area (Å²) in [5, 5.41) is 0. The Morgan fingerprint density at radius 3 is 1.97 bits per heavy atom. The van der Waals surface area contributed by atoms with Gasteiger partial charge in [0.2, 0.25) is 0 Å². The third kappa shape index (κ3) is 7.16. The van der Waals surface area contributed by atoms with Crippen molar-refractivity contribution in [3.05, 3.63) is 89.2 Å². The summed E-state index contributed by atoms with van der Waals surface area (Å²) in [7, 11) is 1.43. The second-order valence-corrected chi connectivity index (χ2v) is 9.03. The molecule has 0 aliphatic rings. The van der Waals surface area contributed by atoms with Crippen LogP contribution in [0, 0.1) is 17.6 Å². The van der Waals surface area contributed by atoms with Gasteiger partial charge in [-0.05, 0) is 48.7 Å². The van der Waals surface area contributed by atoms with Crippen molar-refractivity contribution in [3.8, 4) is 11.5 Å². The zero-order valence-electron chi connectivity index (χ0n) is 20.9. The van der Waals surface area contributed by atoms with E-state index in [-0.39, 0.29) is 23.6 Å². The van der Waals surface area contributed by atoms with E-state index in [9.17, 15) is 18.4 Å². The smallest absolute Gasteiger partial charge is 0.309 e. The molecule has 0 N–H and O–H groups in total. The van der Waals surface area contributed by atoms with Gasteiger partial charge < -0.3 is 14.2 Å². The highest BCUT2D eigenvalue weighted by molar-refractivity contribution is 7.80. The van der Waals surface area contributed by atoms with E-state index in [1.54, 1.807) is 38.1 Å². The summed E-state index contributed by atoms with van der Waals surface area (Å²) in [6.07, 6.45) is 0.910. The second-order valence-electron chi connectivity index (χ2n) is 8.54. The molecule has 0 spiro atoms. The molecule has 0 amide bonds. The normalized spacial score (nSPS) is 12.5. The van der Waals surface area contributed by atoms with Crippen LogP contribution in [0.25, 0.3) is 0 Å². The Morgan fingerprint density at radius 1 is 0.946 bits per heavy atom. The van der Waals surface area contributed by atoms with Gasteiger partial charge in [0.25, 0.3) is 0 Å². The average molecular weight is 528 g/mol. The highest BCUT2D eigenvalue weighted by Gasteiger charge is 2.28. The lowest BCUT2D eigenvalue weighted by Gasteiger charge is -2.26. The third-order valence-corrected chi connectivity index (χ3v) is 6.08. The Labute approximate surface area is 219 Å². The Hall–Kier alpha value is -3.72. The Balaban J connectivity index is 1.78. The molecule has 0 saturated carbocycles. The Morgan fingerprint density at radius 2 is 1.49 bits per heavy atom. The summed E-state index contributed by atoms with van der Waals surface area (Å²) in [5.74, 6) is -2.61. The highest BCUT2D eigenvalue weighted by Crippen LogP contribution is 2.33. The van der Waals surface area contributed by atoms with Gasteiger partial charge in [0, 0.05) is 30.0 Å². The van der Waals surface area contributed by atoms with Crippen molar-refractivity contribution < 1.29 is 32.6 Å². The predicted molar refractivity (Wildman–Crippen MR) is 138 cm³/mol. The third-order valence-electron chi connectivity index (χ3n) is 5.72. The van der Waals surface area contributed by atoms with Crippen LogP contribution in [0.2, 0.25) is 0 Å². The number of carbonyl (C=O) groups is 2. The molecule has 0 unspecified atom stereocenters. The molecule has 0 radical (unpaired) electrons. The van der Waals surface area contributed by atoms with Crippen LogP contribution < -0.4 is 9.47 Å². The topological polar surface area (TPSA) is 74.7 Å². The van der Waals surface area contributed by atoms with Crippen LogP contribution >= 0.6 is 12.2 Å². The van der Waals surface area contributed by atoms with Crippen molar-refractivity contribution in [1.82, 2.24) is 4.98 Å². The van der Waals surface area contributed by atoms with Crippen molar-refractivity contribution in [2.24, 2.45) is 5.92 Å². The predicted octanol–water partition coefficient (Wildman–Crippen LogP) is 5.80. The summed E-state index contributed by atoms with van der Waals surface area (Å²) in [5.41, 5.74) is 1.65. The van der Waals surface area contributed by atoms with Gasteiger partial charge in [0.1, 0.15) is 23.4 Å². The van der Waals surface area contributed by atoms with Crippen molar-refractivity contribution >= 4 is 29.0 Å². The molecule has 3 aromatic rings. The summed E-state index contributed by atoms with van der Waals surface area (Å²) in [6.45, 7) is 4.64. The Kier molecular flexibility index (Phi) is 9.41. The zero-order chi connectivity index (χ0) is 27.1. The summed E-state index contributed by atoms with van der Waals surface area (Å²) in [6, 6.07) is 13.3. The first-order valence-electron chi connectivity index (χ1n) is 11.6.